The van der Waals surface area contributed by atoms with Gasteiger partial charge >= 0.3 is 6.18 Å². The second kappa shape index (κ2) is 10.2. The van der Waals surface area contributed by atoms with Crippen LogP contribution < -0.4 is 10.2 Å². The first-order valence-corrected chi connectivity index (χ1v) is 11.1. The third-order valence-corrected chi connectivity index (χ3v) is 5.65. The SMILES string of the molecule is C[C@H]1Cn2ncc(C(=O)Nc3cccc(C#N)c3)c2C(=O)N1c1ccc(COCCC(F)(F)F)cc1. The topological polar surface area (TPSA) is 100 Å². The molecular weight excluding hydrogens is 475 g/mol. The van der Waals surface area contributed by atoms with Crippen LogP contribution in [0.2, 0.25) is 0 Å². The first-order chi connectivity index (χ1) is 17.2. The molecular formula is C25H22F3N5O3. The van der Waals surface area contributed by atoms with Gasteiger partial charge < -0.3 is 15.0 Å². The maximum Gasteiger partial charge on any atom is 0.391 e. The summed E-state index contributed by atoms with van der Waals surface area (Å²) in [5.74, 6) is -0.933. The third-order valence-electron chi connectivity index (χ3n) is 5.65. The fourth-order valence-electron chi connectivity index (χ4n) is 3.93. The largest absolute Gasteiger partial charge is 0.391 e. The fraction of sp³-hybridized carbons (Fsp3) is 0.280. The molecule has 1 aromatic heterocycles. The van der Waals surface area contributed by atoms with Crippen molar-refractivity contribution < 1.29 is 27.5 Å². The summed E-state index contributed by atoms with van der Waals surface area (Å²) in [6.45, 7) is 1.80. The van der Waals surface area contributed by atoms with Crippen molar-refractivity contribution in [2.24, 2.45) is 0 Å². The molecule has 0 unspecified atom stereocenters. The molecule has 1 N–H and O–H groups in total. The van der Waals surface area contributed by atoms with Crippen LogP contribution in [0.3, 0.4) is 0 Å². The van der Waals surface area contributed by atoms with Crippen LogP contribution in [0.4, 0.5) is 24.5 Å². The summed E-state index contributed by atoms with van der Waals surface area (Å²) < 4.78 is 43.3. The Morgan fingerprint density at radius 1 is 1.25 bits per heavy atom. The summed E-state index contributed by atoms with van der Waals surface area (Å²) in [6.07, 6.45) is -3.94. The van der Waals surface area contributed by atoms with Gasteiger partial charge in [0.25, 0.3) is 11.8 Å². The molecule has 0 radical (unpaired) electrons. The number of nitrogens with zero attached hydrogens (tertiary/aromatic N) is 4. The van der Waals surface area contributed by atoms with Crippen LogP contribution in [-0.2, 0) is 17.9 Å². The summed E-state index contributed by atoms with van der Waals surface area (Å²) in [5, 5.41) is 16.0. The number of carbonyl (C=O) groups is 2. The summed E-state index contributed by atoms with van der Waals surface area (Å²) in [7, 11) is 0. The van der Waals surface area contributed by atoms with Gasteiger partial charge in [0.05, 0.1) is 55.6 Å². The van der Waals surface area contributed by atoms with Crippen molar-refractivity contribution in [2.45, 2.75) is 38.7 Å². The number of fused-ring (bicyclic) bond motifs is 1. The lowest BCUT2D eigenvalue weighted by Crippen LogP contribution is -2.47. The molecule has 1 aliphatic rings. The molecule has 2 heterocycles. The van der Waals surface area contributed by atoms with Crippen LogP contribution in [0.15, 0.2) is 54.7 Å². The number of halogens is 3. The molecule has 0 saturated carbocycles. The van der Waals surface area contributed by atoms with Gasteiger partial charge in [0.1, 0.15) is 5.69 Å². The van der Waals surface area contributed by atoms with Gasteiger partial charge in [-0.15, -0.1) is 0 Å². The highest BCUT2D eigenvalue weighted by molar-refractivity contribution is 6.15. The summed E-state index contributed by atoms with van der Waals surface area (Å²) in [6, 6.07) is 14.9. The number of benzene rings is 2. The number of alkyl halides is 3. The zero-order valence-electron chi connectivity index (χ0n) is 19.2. The standard InChI is InChI=1S/C25H22F3N5O3/c1-16-14-32-22(21(13-30-32)23(34)31-19-4-2-3-18(11-19)12-29)24(35)33(16)20-7-5-17(6-8-20)15-36-10-9-25(26,27)28/h2-8,11,13,16H,9-10,14-15H2,1H3,(H,31,34)/t16-/m0/s1. The first kappa shape index (κ1) is 24.9. The number of carbonyl (C=O) groups excluding carboxylic acids is 2. The Kier molecular flexibility index (Phi) is 7.07. The molecule has 4 rings (SSSR count). The van der Waals surface area contributed by atoms with Crippen LogP contribution in [0.25, 0.3) is 0 Å². The lowest BCUT2D eigenvalue weighted by atomic mass is 10.1. The highest BCUT2D eigenvalue weighted by Crippen LogP contribution is 2.28. The molecule has 1 atom stereocenters. The van der Waals surface area contributed by atoms with Crippen molar-refractivity contribution in [1.82, 2.24) is 9.78 Å². The maximum atomic E-state index is 13.5. The number of amides is 2. The van der Waals surface area contributed by atoms with Crippen LogP contribution in [0.5, 0.6) is 0 Å². The number of rotatable bonds is 7. The van der Waals surface area contributed by atoms with Crippen LogP contribution in [-0.4, -0.2) is 40.4 Å². The molecule has 2 amide bonds. The van der Waals surface area contributed by atoms with Crippen molar-refractivity contribution in [3.05, 3.63) is 77.1 Å². The van der Waals surface area contributed by atoms with E-state index in [0.717, 1.165) is 0 Å². The fourth-order valence-corrected chi connectivity index (χ4v) is 3.93. The molecule has 0 saturated heterocycles. The monoisotopic (exact) mass is 497 g/mol. The van der Waals surface area contributed by atoms with E-state index in [2.05, 4.69) is 10.4 Å². The van der Waals surface area contributed by atoms with E-state index >= 15 is 0 Å². The number of aromatic nitrogens is 2. The highest BCUT2D eigenvalue weighted by Gasteiger charge is 2.35. The summed E-state index contributed by atoms with van der Waals surface area (Å²) in [4.78, 5) is 28.0. The average molecular weight is 497 g/mol. The number of hydrogen-bond donors (Lipinski definition) is 1. The third kappa shape index (κ3) is 5.55. The van der Waals surface area contributed by atoms with Crippen molar-refractivity contribution in [3.63, 3.8) is 0 Å². The minimum atomic E-state index is -4.27. The quantitative estimate of drug-likeness (QED) is 0.484. The Morgan fingerprint density at radius 2 is 2.00 bits per heavy atom. The molecule has 0 fully saturated rings. The minimum absolute atomic E-state index is 0.0178. The van der Waals surface area contributed by atoms with E-state index < -0.39 is 31.0 Å². The minimum Gasteiger partial charge on any atom is -0.376 e. The maximum absolute atomic E-state index is 13.5. The van der Waals surface area contributed by atoms with E-state index in [1.54, 1.807) is 47.4 Å². The lowest BCUT2D eigenvalue weighted by molar-refractivity contribution is -0.146. The molecule has 1 aliphatic heterocycles. The predicted octanol–water partition coefficient (Wildman–Crippen LogP) is 4.52. The number of anilines is 2. The molecule has 11 heteroatoms. The molecule has 0 aliphatic carbocycles. The molecule has 8 nitrogen and oxygen atoms in total. The number of hydrogen-bond acceptors (Lipinski definition) is 5. The van der Waals surface area contributed by atoms with Crippen LogP contribution in [0.1, 0.15) is 45.3 Å². The zero-order valence-corrected chi connectivity index (χ0v) is 19.2. The van der Waals surface area contributed by atoms with Gasteiger partial charge in [0.15, 0.2) is 0 Å². The van der Waals surface area contributed by atoms with Crippen molar-refractivity contribution in [2.75, 3.05) is 16.8 Å². The van der Waals surface area contributed by atoms with Crippen molar-refractivity contribution in [3.8, 4) is 6.07 Å². The molecule has 186 valence electrons. The van der Waals surface area contributed by atoms with Gasteiger partial charge in [-0.05, 0) is 42.8 Å². The predicted molar refractivity (Wildman–Crippen MR) is 124 cm³/mol. The normalized spacial score (nSPS) is 15.4. The highest BCUT2D eigenvalue weighted by atomic mass is 19.4. The molecule has 3 aromatic rings. The Morgan fingerprint density at radius 3 is 2.69 bits per heavy atom. The van der Waals surface area contributed by atoms with Gasteiger partial charge in [-0.25, -0.2) is 0 Å². The van der Waals surface area contributed by atoms with Crippen molar-refractivity contribution in [1.29, 1.82) is 5.26 Å². The first-order valence-electron chi connectivity index (χ1n) is 11.1. The Balaban J connectivity index is 1.49. The lowest BCUT2D eigenvalue weighted by Gasteiger charge is -2.34. The Labute approximate surface area is 204 Å². The van der Waals surface area contributed by atoms with Crippen LogP contribution >= 0.6 is 0 Å². The molecule has 0 spiro atoms. The molecule has 2 aromatic carbocycles. The van der Waals surface area contributed by atoms with E-state index in [0.29, 0.717) is 29.0 Å². The van der Waals surface area contributed by atoms with Gasteiger partial charge in [-0.2, -0.15) is 23.5 Å². The Bertz CT molecular complexity index is 1310. The number of ether oxygens (including phenoxy) is 1. The van der Waals surface area contributed by atoms with E-state index in [-0.39, 0.29) is 23.9 Å². The number of nitriles is 1. The average Bonchev–Trinajstić information content (AvgIpc) is 3.26. The van der Waals surface area contributed by atoms with E-state index in [1.807, 2.05) is 13.0 Å². The van der Waals surface area contributed by atoms with E-state index in [9.17, 15) is 22.8 Å². The zero-order chi connectivity index (χ0) is 25.9. The van der Waals surface area contributed by atoms with Gasteiger partial charge in [-0.3, -0.25) is 14.3 Å². The summed E-state index contributed by atoms with van der Waals surface area (Å²) in [5.41, 5.74) is 2.29. The second-order valence-electron chi connectivity index (χ2n) is 8.34. The Hall–Kier alpha value is -4.17. The second-order valence-corrected chi connectivity index (χ2v) is 8.34. The van der Waals surface area contributed by atoms with E-state index in [4.69, 9.17) is 10.00 Å². The van der Waals surface area contributed by atoms with Crippen LogP contribution in [0, 0.1) is 11.3 Å². The summed E-state index contributed by atoms with van der Waals surface area (Å²) >= 11 is 0. The van der Waals surface area contributed by atoms with Gasteiger partial charge in [-0.1, -0.05) is 18.2 Å². The van der Waals surface area contributed by atoms with Gasteiger partial charge in [0, 0.05) is 11.4 Å². The molecule has 0 bridgehead atoms. The van der Waals surface area contributed by atoms with E-state index in [1.165, 1.54) is 16.9 Å². The van der Waals surface area contributed by atoms with Crippen molar-refractivity contribution >= 4 is 23.2 Å². The molecule has 36 heavy (non-hydrogen) atoms. The van der Waals surface area contributed by atoms with Gasteiger partial charge in [0.2, 0.25) is 0 Å². The number of nitrogens with one attached hydrogen (secondary N) is 1. The smallest absolute Gasteiger partial charge is 0.376 e.